The molecule has 0 amide bonds. The summed E-state index contributed by atoms with van der Waals surface area (Å²) in [6, 6.07) is 12.3. The lowest BCUT2D eigenvalue weighted by molar-refractivity contribution is -0.254. The summed E-state index contributed by atoms with van der Waals surface area (Å²) in [5.74, 6) is 0. The summed E-state index contributed by atoms with van der Waals surface area (Å²) in [5.41, 5.74) is 16.5. The zero-order valence-electron chi connectivity index (χ0n) is 9.75. The Morgan fingerprint density at radius 2 is 1.44 bits per heavy atom. The standard InChI is InChI=1S/C14H16N2/c1-9-7-11(15)3-5-13(9)14-6-4-12(16)8-10(14)2/h3-8H,15-16H2,1-2H3/p+1. The molecule has 0 saturated carbocycles. The smallest absolute Gasteiger partial charge is 0.128 e. The number of aryl methyl sites for hydroxylation is 2. The summed E-state index contributed by atoms with van der Waals surface area (Å²) < 4.78 is 0. The second-order valence-corrected chi connectivity index (χ2v) is 4.22. The zero-order chi connectivity index (χ0) is 11.7. The highest BCUT2D eigenvalue weighted by atomic mass is 14.5. The Morgan fingerprint density at radius 3 is 2.00 bits per heavy atom. The SMILES string of the molecule is Cc1cc(N)ccc1-c1ccc([NH3+])cc1C. The van der Waals surface area contributed by atoms with Crippen LogP contribution >= 0.6 is 0 Å². The number of rotatable bonds is 1. The van der Waals surface area contributed by atoms with Gasteiger partial charge in [0, 0.05) is 11.8 Å². The summed E-state index contributed by atoms with van der Waals surface area (Å²) >= 11 is 0. The lowest BCUT2D eigenvalue weighted by Gasteiger charge is -2.09. The predicted octanol–water partition coefficient (Wildman–Crippen LogP) is 2.43. The van der Waals surface area contributed by atoms with E-state index < -0.39 is 0 Å². The van der Waals surface area contributed by atoms with Crippen LogP contribution in [-0.4, -0.2) is 0 Å². The normalized spacial score (nSPS) is 10.4. The van der Waals surface area contributed by atoms with Crippen LogP contribution in [-0.2, 0) is 0 Å². The molecule has 0 heterocycles. The third-order valence-electron chi connectivity index (χ3n) is 2.83. The lowest BCUT2D eigenvalue weighted by atomic mass is 9.96. The first-order chi connectivity index (χ1) is 7.58. The van der Waals surface area contributed by atoms with Gasteiger partial charge in [0.05, 0.1) is 0 Å². The maximum absolute atomic E-state index is 5.76. The van der Waals surface area contributed by atoms with Crippen LogP contribution in [0.15, 0.2) is 36.4 Å². The first-order valence-electron chi connectivity index (χ1n) is 5.37. The molecule has 0 bridgehead atoms. The number of anilines is 1. The van der Waals surface area contributed by atoms with Gasteiger partial charge in [0.2, 0.25) is 0 Å². The fourth-order valence-corrected chi connectivity index (χ4v) is 2.02. The van der Waals surface area contributed by atoms with E-state index in [0.717, 1.165) is 11.4 Å². The Labute approximate surface area is 95.9 Å². The zero-order valence-corrected chi connectivity index (χ0v) is 9.75. The van der Waals surface area contributed by atoms with Crippen LogP contribution in [0.25, 0.3) is 11.1 Å². The third kappa shape index (κ3) is 1.92. The maximum atomic E-state index is 5.76. The van der Waals surface area contributed by atoms with Gasteiger partial charge in [-0.3, -0.25) is 0 Å². The molecule has 0 aromatic heterocycles. The average molecular weight is 213 g/mol. The average Bonchev–Trinajstić information content (AvgIpc) is 2.19. The van der Waals surface area contributed by atoms with Gasteiger partial charge in [0.25, 0.3) is 0 Å². The number of benzene rings is 2. The van der Waals surface area contributed by atoms with Crippen molar-refractivity contribution in [3.05, 3.63) is 47.5 Å². The van der Waals surface area contributed by atoms with Crippen LogP contribution < -0.4 is 11.5 Å². The second-order valence-electron chi connectivity index (χ2n) is 4.22. The van der Waals surface area contributed by atoms with Gasteiger partial charge >= 0.3 is 0 Å². The molecule has 5 N–H and O–H groups in total. The fourth-order valence-electron chi connectivity index (χ4n) is 2.02. The van der Waals surface area contributed by atoms with Crippen LogP contribution in [0.2, 0.25) is 0 Å². The molecular formula is C14H17N2+. The number of nitrogens with two attached hydrogens (primary N) is 1. The van der Waals surface area contributed by atoms with Gasteiger partial charge in [-0.2, -0.15) is 0 Å². The van der Waals surface area contributed by atoms with Crippen molar-refractivity contribution in [1.82, 2.24) is 0 Å². The van der Waals surface area contributed by atoms with Gasteiger partial charge in [-0.15, -0.1) is 0 Å². The Hall–Kier alpha value is -1.80. The number of hydrogen-bond acceptors (Lipinski definition) is 1. The largest absolute Gasteiger partial charge is 0.399 e. The molecule has 0 spiro atoms. The van der Waals surface area contributed by atoms with Crippen LogP contribution in [0, 0.1) is 13.8 Å². The van der Waals surface area contributed by atoms with Gasteiger partial charge in [-0.1, -0.05) is 6.07 Å². The molecule has 0 aliphatic heterocycles. The van der Waals surface area contributed by atoms with Crippen LogP contribution in [0.5, 0.6) is 0 Å². The highest BCUT2D eigenvalue weighted by Gasteiger charge is 2.06. The molecule has 2 nitrogen and oxygen atoms in total. The number of hydrogen-bond donors (Lipinski definition) is 2. The highest BCUT2D eigenvalue weighted by molar-refractivity contribution is 5.73. The predicted molar refractivity (Wildman–Crippen MR) is 68.3 cm³/mol. The van der Waals surface area contributed by atoms with Crippen molar-refractivity contribution in [2.45, 2.75) is 13.8 Å². The molecule has 82 valence electrons. The molecule has 0 radical (unpaired) electrons. The van der Waals surface area contributed by atoms with E-state index in [9.17, 15) is 0 Å². The molecule has 2 heteroatoms. The molecule has 0 aliphatic carbocycles. The summed E-state index contributed by atoms with van der Waals surface area (Å²) in [4.78, 5) is 0. The summed E-state index contributed by atoms with van der Waals surface area (Å²) in [6.45, 7) is 4.20. The molecule has 0 atom stereocenters. The van der Waals surface area contributed by atoms with Gasteiger partial charge < -0.3 is 11.5 Å². The Morgan fingerprint density at radius 1 is 0.875 bits per heavy atom. The molecular weight excluding hydrogens is 196 g/mol. The van der Waals surface area contributed by atoms with Crippen molar-refractivity contribution >= 4 is 11.4 Å². The van der Waals surface area contributed by atoms with E-state index in [1.807, 2.05) is 18.2 Å². The monoisotopic (exact) mass is 213 g/mol. The molecule has 0 aliphatic rings. The van der Waals surface area contributed by atoms with E-state index in [2.05, 4.69) is 37.8 Å². The van der Waals surface area contributed by atoms with Gasteiger partial charge in [-0.05, 0) is 60.4 Å². The maximum Gasteiger partial charge on any atom is 0.128 e. The fraction of sp³-hybridized carbons (Fsp3) is 0.143. The van der Waals surface area contributed by atoms with E-state index in [0.29, 0.717) is 0 Å². The van der Waals surface area contributed by atoms with Crippen molar-refractivity contribution in [3.8, 4) is 11.1 Å². The van der Waals surface area contributed by atoms with E-state index in [4.69, 9.17) is 5.73 Å². The Balaban J connectivity index is 2.59. The van der Waals surface area contributed by atoms with Crippen molar-refractivity contribution in [2.24, 2.45) is 0 Å². The van der Waals surface area contributed by atoms with Gasteiger partial charge in [-0.25, -0.2) is 0 Å². The molecule has 16 heavy (non-hydrogen) atoms. The summed E-state index contributed by atoms with van der Waals surface area (Å²) in [7, 11) is 0. The van der Waals surface area contributed by atoms with E-state index in [1.54, 1.807) is 0 Å². The van der Waals surface area contributed by atoms with Crippen LogP contribution in [0.4, 0.5) is 11.4 Å². The minimum atomic E-state index is 0.813. The minimum Gasteiger partial charge on any atom is -0.399 e. The molecule has 2 aromatic rings. The molecule has 0 fully saturated rings. The molecule has 0 unspecified atom stereocenters. The van der Waals surface area contributed by atoms with Crippen molar-refractivity contribution in [2.75, 3.05) is 5.73 Å². The Kier molecular flexibility index (Phi) is 2.67. The van der Waals surface area contributed by atoms with Crippen LogP contribution in [0.3, 0.4) is 0 Å². The molecule has 2 aromatic carbocycles. The van der Waals surface area contributed by atoms with E-state index in [1.165, 1.54) is 22.3 Å². The van der Waals surface area contributed by atoms with E-state index in [-0.39, 0.29) is 0 Å². The van der Waals surface area contributed by atoms with Gasteiger partial charge in [0.15, 0.2) is 0 Å². The summed E-state index contributed by atoms with van der Waals surface area (Å²) in [5, 5.41) is 0. The topological polar surface area (TPSA) is 53.7 Å². The quantitative estimate of drug-likeness (QED) is 0.702. The van der Waals surface area contributed by atoms with Crippen molar-refractivity contribution in [3.63, 3.8) is 0 Å². The second kappa shape index (κ2) is 3.99. The number of nitrogen functional groups attached to an aromatic ring is 1. The Bertz CT molecular complexity index is 481. The first-order valence-corrected chi connectivity index (χ1v) is 5.37. The third-order valence-corrected chi connectivity index (χ3v) is 2.83. The van der Waals surface area contributed by atoms with Gasteiger partial charge in [0.1, 0.15) is 5.69 Å². The van der Waals surface area contributed by atoms with E-state index >= 15 is 0 Å². The van der Waals surface area contributed by atoms with Crippen molar-refractivity contribution < 1.29 is 5.73 Å². The van der Waals surface area contributed by atoms with Crippen molar-refractivity contribution in [1.29, 1.82) is 0 Å². The lowest BCUT2D eigenvalue weighted by Crippen LogP contribution is -2.40. The first kappa shape index (κ1) is 10.7. The molecule has 0 saturated heterocycles. The highest BCUT2D eigenvalue weighted by Crippen LogP contribution is 2.28. The number of quaternary nitrogens is 1. The summed E-state index contributed by atoms with van der Waals surface area (Å²) in [6.07, 6.45) is 0. The van der Waals surface area contributed by atoms with Crippen LogP contribution in [0.1, 0.15) is 11.1 Å². The minimum absolute atomic E-state index is 0.813. The molecule has 2 rings (SSSR count).